The molecule has 0 N–H and O–H groups in total. The number of nitrogens with zero attached hydrogens (tertiary/aromatic N) is 1. The van der Waals surface area contributed by atoms with E-state index in [0.29, 0.717) is 20.6 Å². The van der Waals surface area contributed by atoms with Crippen molar-refractivity contribution in [3.63, 3.8) is 0 Å². The predicted octanol–water partition coefficient (Wildman–Crippen LogP) is 3.90. The van der Waals surface area contributed by atoms with Gasteiger partial charge in [-0.25, -0.2) is 9.78 Å². The zero-order valence-corrected chi connectivity index (χ0v) is 11.1. The molecule has 2 rings (SSSR count). The molecule has 1 aromatic carbocycles. The Morgan fingerprint density at radius 1 is 1.41 bits per heavy atom. The van der Waals surface area contributed by atoms with Gasteiger partial charge in [-0.2, -0.15) is 0 Å². The van der Waals surface area contributed by atoms with Crippen LogP contribution in [0, 0.1) is 0 Å². The molecule has 3 nitrogen and oxygen atoms in total. The summed E-state index contributed by atoms with van der Waals surface area (Å²) in [4.78, 5) is 15.4. The van der Waals surface area contributed by atoms with E-state index in [9.17, 15) is 4.79 Å². The summed E-state index contributed by atoms with van der Waals surface area (Å²) >= 11 is 13.3. The van der Waals surface area contributed by atoms with Crippen LogP contribution in [0.4, 0.5) is 0 Å². The highest BCUT2D eigenvalue weighted by atomic mass is 35.5. The molecule has 0 amide bonds. The highest BCUT2D eigenvalue weighted by Crippen LogP contribution is 2.34. The SMILES string of the molecule is COC(=O)c1csc(-c2cccc(Cl)c2Cl)n1. The van der Waals surface area contributed by atoms with E-state index in [1.807, 2.05) is 0 Å². The van der Waals surface area contributed by atoms with Gasteiger partial charge in [0.05, 0.1) is 17.2 Å². The normalized spacial score (nSPS) is 10.3. The number of methoxy groups -OCH3 is 1. The van der Waals surface area contributed by atoms with Gasteiger partial charge in [0.1, 0.15) is 5.01 Å². The molecule has 0 saturated carbocycles. The monoisotopic (exact) mass is 287 g/mol. The Labute approximate surface area is 112 Å². The van der Waals surface area contributed by atoms with Crippen molar-refractivity contribution in [2.24, 2.45) is 0 Å². The van der Waals surface area contributed by atoms with Crippen LogP contribution in [0.3, 0.4) is 0 Å². The van der Waals surface area contributed by atoms with Gasteiger partial charge in [0.25, 0.3) is 0 Å². The number of benzene rings is 1. The number of carbonyl (C=O) groups is 1. The van der Waals surface area contributed by atoms with Crippen LogP contribution in [-0.4, -0.2) is 18.1 Å². The zero-order valence-electron chi connectivity index (χ0n) is 8.74. The molecule has 88 valence electrons. The minimum Gasteiger partial charge on any atom is -0.464 e. The summed E-state index contributed by atoms with van der Waals surface area (Å²) in [7, 11) is 1.31. The first kappa shape index (κ1) is 12.4. The van der Waals surface area contributed by atoms with Crippen LogP contribution in [0.15, 0.2) is 23.6 Å². The summed E-state index contributed by atoms with van der Waals surface area (Å²) < 4.78 is 4.59. The van der Waals surface area contributed by atoms with E-state index in [-0.39, 0.29) is 5.69 Å². The third kappa shape index (κ3) is 2.44. The van der Waals surface area contributed by atoms with E-state index in [4.69, 9.17) is 23.2 Å². The van der Waals surface area contributed by atoms with E-state index >= 15 is 0 Å². The Morgan fingerprint density at radius 2 is 2.18 bits per heavy atom. The number of halogens is 2. The molecule has 0 saturated heterocycles. The van der Waals surface area contributed by atoms with E-state index < -0.39 is 5.97 Å². The van der Waals surface area contributed by atoms with Gasteiger partial charge in [-0.1, -0.05) is 35.3 Å². The van der Waals surface area contributed by atoms with Crippen molar-refractivity contribution in [2.45, 2.75) is 0 Å². The summed E-state index contributed by atoms with van der Waals surface area (Å²) in [5, 5.41) is 3.15. The van der Waals surface area contributed by atoms with Gasteiger partial charge in [-0.3, -0.25) is 0 Å². The van der Waals surface area contributed by atoms with Gasteiger partial charge in [0.15, 0.2) is 5.69 Å². The largest absolute Gasteiger partial charge is 0.464 e. The lowest BCUT2D eigenvalue weighted by atomic mass is 10.2. The van der Waals surface area contributed by atoms with Gasteiger partial charge in [0.2, 0.25) is 0 Å². The van der Waals surface area contributed by atoms with Crippen LogP contribution in [0.25, 0.3) is 10.6 Å². The fraction of sp³-hybridized carbons (Fsp3) is 0.0909. The molecule has 0 bridgehead atoms. The highest BCUT2D eigenvalue weighted by Gasteiger charge is 2.14. The minimum absolute atomic E-state index is 0.267. The molecule has 0 atom stereocenters. The number of esters is 1. The Morgan fingerprint density at radius 3 is 2.88 bits per heavy atom. The first-order chi connectivity index (χ1) is 8.13. The number of thiazole rings is 1. The van der Waals surface area contributed by atoms with Gasteiger partial charge in [-0.15, -0.1) is 11.3 Å². The van der Waals surface area contributed by atoms with Gasteiger partial charge >= 0.3 is 5.97 Å². The minimum atomic E-state index is -0.467. The summed E-state index contributed by atoms with van der Waals surface area (Å²) in [6.07, 6.45) is 0. The van der Waals surface area contributed by atoms with Crippen LogP contribution >= 0.6 is 34.5 Å². The lowest BCUT2D eigenvalue weighted by molar-refractivity contribution is 0.0595. The number of rotatable bonds is 2. The summed E-state index contributed by atoms with van der Waals surface area (Å²) in [5.74, 6) is -0.467. The lowest BCUT2D eigenvalue weighted by Crippen LogP contribution is -2.00. The molecule has 0 unspecified atom stereocenters. The highest BCUT2D eigenvalue weighted by molar-refractivity contribution is 7.13. The number of carbonyl (C=O) groups excluding carboxylic acids is 1. The van der Waals surface area contributed by atoms with Crippen LogP contribution < -0.4 is 0 Å². The lowest BCUT2D eigenvalue weighted by Gasteiger charge is -2.01. The first-order valence-electron chi connectivity index (χ1n) is 4.61. The smallest absolute Gasteiger partial charge is 0.357 e. The maximum atomic E-state index is 11.3. The van der Waals surface area contributed by atoms with Crippen LogP contribution in [0.5, 0.6) is 0 Å². The van der Waals surface area contributed by atoms with E-state index in [2.05, 4.69) is 9.72 Å². The maximum absolute atomic E-state index is 11.3. The maximum Gasteiger partial charge on any atom is 0.357 e. The van der Waals surface area contributed by atoms with Gasteiger partial charge in [0, 0.05) is 10.9 Å². The molecule has 1 heterocycles. The van der Waals surface area contributed by atoms with Gasteiger partial charge < -0.3 is 4.74 Å². The standard InChI is InChI=1S/C11H7Cl2NO2S/c1-16-11(15)8-5-17-10(14-8)6-3-2-4-7(12)9(6)13/h2-5H,1H3. The quantitative estimate of drug-likeness (QED) is 0.787. The number of hydrogen-bond acceptors (Lipinski definition) is 4. The van der Waals surface area contributed by atoms with E-state index in [1.54, 1.807) is 23.6 Å². The van der Waals surface area contributed by atoms with Crippen LogP contribution in [0.1, 0.15) is 10.5 Å². The average molecular weight is 288 g/mol. The zero-order chi connectivity index (χ0) is 12.4. The Kier molecular flexibility index (Phi) is 3.66. The summed E-state index contributed by atoms with van der Waals surface area (Å²) in [6, 6.07) is 5.28. The Bertz CT molecular complexity index is 568. The molecule has 17 heavy (non-hydrogen) atoms. The second kappa shape index (κ2) is 5.04. The van der Waals surface area contributed by atoms with Crippen molar-refractivity contribution in [1.82, 2.24) is 4.98 Å². The fourth-order valence-corrected chi connectivity index (χ4v) is 2.53. The molecule has 0 fully saturated rings. The Hall–Kier alpha value is -1.10. The summed E-state index contributed by atoms with van der Waals surface area (Å²) in [5.41, 5.74) is 0.975. The molecule has 0 aliphatic heterocycles. The predicted molar refractivity (Wildman–Crippen MR) is 68.9 cm³/mol. The van der Waals surface area contributed by atoms with Crippen molar-refractivity contribution in [2.75, 3.05) is 7.11 Å². The molecule has 0 radical (unpaired) electrons. The number of aromatic nitrogens is 1. The van der Waals surface area contributed by atoms with Crippen molar-refractivity contribution in [3.8, 4) is 10.6 Å². The fourth-order valence-electron chi connectivity index (χ4n) is 1.26. The van der Waals surface area contributed by atoms with Crippen molar-refractivity contribution >= 4 is 40.5 Å². The second-order valence-corrected chi connectivity index (χ2v) is 4.77. The average Bonchev–Trinajstić information content (AvgIpc) is 2.81. The van der Waals surface area contributed by atoms with Gasteiger partial charge in [-0.05, 0) is 6.07 Å². The molecular weight excluding hydrogens is 281 g/mol. The molecular formula is C11H7Cl2NO2S. The molecule has 0 aliphatic rings. The number of ether oxygens (including phenoxy) is 1. The topological polar surface area (TPSA) is 39.2 Å². The Balaban J connectivity index is 2.44. The van der Waals surface area contributed by atoms with Crippen LogP contribution in [-0.2, 0) is 4.74 Å². The molecule has 0 aliphatic carbocycles. The third-order valence-corrected chi connectivity index (χ3v) is 3.78. The second-order valence-electron chi connectivity index (χ2n) is 3.13. The van der Waals surface area contributed by atoms with Crippen molar-refractivity contribution < 1.29 is 9.53 Å². The molecule has 1 aromatic heterocycles. The van der Waals surface area contributed by atoms with E-state index in [1.165, 1.54) is 18.4 Å². The third-order valence-electron chi connectivity index (χ3n) is 2.08. The van der Waals surface area contributed by atoms with Crippen molar-refractivity contribution in [1.29, 1.82) is 0 Å². The van der Waals surface area contributed by atoms with Crippen LogP contribution in [0.2, 0.25) is 10.0 Å². The number of hydrogen-bond donors (Lipinski definition) is 0. The van der Waals surface area contributed by atoms with Crippen molar-refractivity contribution in [3.05, 3.63) is 39.3 Å². The molecule has 0 spiro atoms. The summed E-state index contributed by atoms with van der Waals surface area (Å²) in [6.45, 7) is 0. The first-order valence-corrected chi connectivity index (χ1v) is 6.25. The van der Waals surface area contributed by atoms with E-state index in [0.717, 1.165) is 0 Å². The molecule has 6 heteroatoms. The molecule has 2 aromatic rings.